The normalized spacial score (nSPS) is 14.3. The molecule has 0 N–H and O–H groups in total. The number of ether oxygens (including phenoxy) is 5. The van der Waals surface area contributed by atoms with E-state index in [1.54, 1.807) is 12.1 Å². The van der Waals surface area contributed by atoms with Crippen LogP contribution in [0.25, 0.3) is 0 Å². The Morgan fingerprint density at radius 1 is 0.459 bits per heavy atom. The fourth-order valence-corrected chi connectivity index (χ4v) is 7.75. The molecule has 0 radical (unpaired) electrons. The molecule has 0 aliphatic carbocycles. The molecule has 0 amide bonds. The predicted octanol–water partition coefficient (Wildman–Crippen LogP) is 14.4. The summed E-state index contributed by atoms with van der Waals surface area (Å²) in [5, 5.41) is 0. The maximum Gasteiger partial charge on any atom is 0.165 e. The van der Waals surface area contributed by atoms with Crippen LogP contribution in [0.1, 0.15) is 89.5 Å². The van der Waals surface area contributed by atoms with Crippen molar-refractivity contribution in [3.05, 3.63) is 179 Å². The van der Waals surface area contributed by atoms with Gasteiger partial charge >= 0.3 is 0 Å². The summed E-state index contributed by atoms with van der Waals surface area (Å²) in [5.74, 6) is 2.14. The van der Waals surface area contributed by atoms with Crippen LogP contribution in [0.5, 0.6) is 34.5 Å². The van der Waals surface area contributed by atoms with Crippen LogP contribution in [0.4, 0.5) is 8.78 Å². The van der Waals surface area contributed by atoms with Gasteiger partial charge in [0.1, 0.15) is 23.0 Å². The first-order chi connectivity index (χ1) is 29.6. The fourth-order valence-electron chi connectivity index (χ4n) is 7.75. The van der Waals surface area contributed by atoms with Crippen LogP contribution in [-0.2, 0) is 28.4 Å². The smallest absolute Gasteiger partial charge is 0.165 e. The van der Waals surface area contributed by atoms with Crippen molar-refractivity contribution >= 4 is 0 Å². The lowest BCUT2D eigenvalue weighted by molar-refractivity contribution is -0.0840. The SMILES string of the molecule is CCCOc1ccc(C(C)(CC)C(Cc2ccc(F)c(Oc3ccccc3)c2)OC(Cc2ccc(F)c(Oc3ccccc3)c2)C(C)(CC)c2ccc(OCCC)cc2)cc1. The number of hydrogen-bond acceptors (Lipinski definition) is 5. The summed E-state index contributed by atoms with van der Waals surface area (Å²) in [7, 11) is 0. The maximum atomic E-state index is 15.4. The molecule has 320 valence electrons. The molecule has 0 saturated carbocycles. The van der Waals surface area contributed by atoms with Crippen molar-refractivity contribution in [1.29, 1.82) is 0 Å². The molecule has 6 aromatic carbocycles. The number of rotatable bonds is 22. The van der Waals surface area contributed by atoms with Gasteiger partial charge in [-0.1, -0.05) is 114 Å². The summed E-state index contributed by atoms with van der Waals surface area (Å²) in [5.41, 5.74) is 2.90. The minimum Gasteiger partial charge on any atom is -0.494 e. The van der Waals surface area contributed by atoms with E-state index in [4.69, 9.17) is 23.7 Å². The first-order valence-corrected chi connectivity index (χ1v) is 21.7. The Labute approximate surface area is 361 Å². The molecule has 0 saturated heterocycles. The van der Waals surface area contributed by atoms with E-state index in [9.17, 15) is 0 Å². The van der Waals surface area contributed by atoms with Crippen molar-refractivity contribution in [3.63, 3.8) is 0 Å². The van der Waals surface area contributed by atoms with E-state index in [-0.39, 0.29) is 11.5 Å². The average Bonchev–Trinajstić information content (AvgIpc) is 3.29. The van der Waals surface area contributed by atoms with Gasteiger partial charge in [0.2, 0.25) is 0 Å². The van der Waals surface area contributed by atoms with E-state index in [2.05, 4.69) is 65.8 Å². The summed E-state index contributed by atoms with van der Waals surface area (Å²) in [6.07, 6.45) is 3.39. The molecule has 0 fully saturated rings. The Morgan fingerprint density at radius 2 is 0.836 bits per heavy atom. The Kier molecular flexibility index (Phi) is 15.6. The molecule has 0 bridgehead atoms. The van der Waals surface area contributed by atoms with Gasteiger partial charge in [0.25, 0.3) is 0 Å². The van der Waals surface area contributed by atoms with Gasteiger partial charge in [-0.25, -0.2) is 8.78 Å². The minimum atomic E-state index is -0.521. The van der Waals surface area contributed by atoms with E-state index in [0.29, 0.717) is 37.6 Å². The first-order valence-electron chi connectivity index (χ1n) is 21.7. The van der Waals surface area contributed by atoms with Crippen molar-refractivity contribution in [1.82, 2.24) is 0 Å². The van der Waals surface area contributed by atoms with Crippen molar-refractivity contribution in [2.45, 2.75) is 103 Å². The second kappa shape index (κ2) is 21.2. The molecule has 0 aliphatic rings. The zero-order valence-electron chi connectivity index (χ0n) is 36.5. The van der Waals surface area contributed by atoms with Crippen LogP contribution < -0.4 is 18.9 Å². The summed E-state index contributed by atoms with van der Waals surface area (Å²) in [6.45, 7) is 14.3. The molecule has 0 heterocycles. The van der Waals surface area contributed by atoms with E-state index in [1.165, 1.54) is 12.1 Å². The minimum absolute atomic E-state index is 0.149. The van der Waals surface area contributed by atoms with Gasteiger partial charge in [-0.05, 0) is 134 Å². The maximum absolute atomic E-state index is 15.4. The molecule has 7 heteroatoms. The van der Waals surface area contributed by atoms with Gasteiger partial charge in [0, 0.05) is 10.8 Å². The quantitative estimate of drug-likeness (QED) is 0.0682. The third kappa shape index (κ3) is 11.4. The molecule has 6 rings (SSSR count). The van der Waals surface area contributed by atoms with E-state index in [1.807, 2.05) is 97.1 Å². The summed E-state index contributed by atoms with van der Waals surface area (Å²) in [4.78, 5) is 0. The Balaban J connectivity index is 1.45. The van der Waals surface area contributed by atoms with Crippen molar-refractivity contribution < 1.29 is 32.5 Å². The molecule has 6 aromatic rings. The van der Waals surface area contributed by atoms with Gasteiger partial charge in [-0.3, -0.25) is 0 Å². The highest BCUT2D eigenvalue weighted by molar-refractivity contribution is 5.40. The zero-order chi connectivity index (χ0) is 43.2. The second-order valence-electron chi connectivity index (χ2n) is 16.2. The molecule has 5 nitrogen and oxygen atoms in total. The number of benzene rings is 6. The summed E-state index contributed by atoms with van der Waals surface area (Å²) in [6, 6.07) is 45.3. The van der Waals surface area contributed by atoms with Crippen LogP contribution in [0.2, 0.25) is 0 Å². The molecule has 4 atom stereocenters. The lowest BCUT2D eigenvalue weighted by atomic mass is 9.71. The largest absolute Gasteiger partial charge is 0.494 e. The van der Waals surface area contributed by atoms with Crippen LogP contribution in [0.3, 0.4) is 0 Å². The lowest BCUT2D eigenvalue weighted by Gasteiger charge is -2.45. The van der Waals surface area contributed by atoms with Crippen LogP contribution >= 0.6 is 0 Å². The van der Waals surface area contributed by atoms with Gasteiger partial charge in [0.15, 0.2) is 23.1 Å². The lowest BCUT2D eigenvalue weighted by Crippen LogP contribution is -2.48. The first kappa shape index (κ1) is 44.9. The van der Waals surface area contributed by atoms with Crippen LogP contribution in [-0.4, -0.2) is 25.4 Å². The second-order valence-corrected chi connectivity index (χ2v) is 16.2. The monoisotopic (exact) mass is 826 g/mol. The highest BCUT2D eigenvalue weighted by Gasteiger charge is 2.43. The highest BCUT2D eigenvalue weighted by atomic mass is 19.1. The molecule has 4 unspecified atom stereocenters. The van der Waals surface area contributed by atoms with E-state index < -0.39 is 34.7 Å². The van der Waals surface area contributed by atoms with Crippen molar-refractivity contribution in [3.8, 4) is 34.5 Å². The molecular weight excluding hydrogens is 767 g/mol. The Hall–Kier alpha value is -5.66. The predicted molar refractivity (Wildman–Crippen MR) is 242 cm³/mol. The number of halogens is 2. The van der Waals surface area contributed by atoms with Crippen LogP contribution in [0, 0.1) is 11.6 Å². The topological polar surface area (TPSA) is 46.2 Å². The zero-order valence-corrected chi connectivity index (χ0v) is 36.5. The molecular formula is C54H60F2O5. The standard InChI is InChI=1S/C54H60F2O5/c1-7-33-57-43-27-23-41(24-28-43)53(5,9-3)51(37-39-21-31-47(55)49(35-39)59-45-17-13-11-14-18-45)61-52(54(6,10-4)42-25-29-44(30-26-42)58-34-8-2)38-40-22-32-48(56)50(36-40)60-46-19-15-12-16-20-46/h11-32,35-36,51-52H,7-10,33-34,37-38H2,1-6H3. The Morgan fingerprint density at radius 3 is 1.18 bits per heavy atom. The third-order valence-corrected chi connectivity index (χ3v) is 12.0. The molecule has 0 spiro atoms. The van der Waals surface area contributed by atoms with Crippen molar-refractivity contribution in [2.75, 3.05) is 13.2 Å². The third-order valence-electron chi connectivity index (χ3n) is 12.0. The van der Waals surface area contributed by atoms with Crippen molar-refractivity contribution in [2.24, 2.45) is 0 Å². The van der Waals surface area contributed by atoms with Gasteiger partial charge < -0.3 is 23.7 Å². The Bertz CT molecular complexity index is 2090. The average molecular weight is 827 g/mol. The molecule has 0 aromatic heterocycles. The van der Waals surface area contributed by atoms with Gasteiger partial charge in [-0.2, -0.15) is 0 Å². The summed E-state index contributed by atoms with van der Waals surface area (Å²) < 4.78 is 62.7. The van der Waals surface area contributed by atoms with E-state index >= 15 is 8.78 Å². The van der Waals surface area contributed by atoms with Gasteiger partial charge in [0.05, 0.1) is 25.4 Å². The van der Waals surface area contributed by atoms with E-state index in [0.717, 1.165) is 59.4 Å². The fraction of sp³-hybridized carbons (Fsp3) is 0.333. The van der Waals surface area contributed by atoms with Crippen LogP contribution in [0.15, 0.2) is 146 Å². The highest BCUT2D eigenvalue weighted by Crippen LogP contribution is 2.43. The molecule has 61 heavy (non-hydrogen) atoms. The summed E-state index contributed by atoms with van der Waals surface area (Å²) >= 11 is 0. The van der Waals surface area contributed by atoms with Gasteiger partial charge in [-0.15, -0.1) is 0 Å². The molecule has 0 aliphatic heterocycles. The number of hydrogen-bond donors (Lipinski definition) is 0. The number of para-hydroxylation sites is 2.